The molecule has 0 radical (unpaired) electrons. The molecule has 2 rings (SSSR count). The van der Waals surface area contributed by atoms with Crippen molar-refractivity contribution in [2.24, 2.45) is 5.84 Å². The zero-order valence-corrected chi connectivity index (χ0v) is 11.2. The summed E-state index contributed by atoms with van der Waals surface area (Å²) >= 11 is 3.30. The number of nitrogens with zero attached hydrogens (tertiary/aromatic N) is 2. The summed E-state index contributed by atoms with van der Waals surface area (Å²) in [5, 5.41) is 0.458. The van der Waals surface area contributed by atoms with Crippen LogP contribution in [0.25, 0.3) is 10.9 Å². The molecule has 0 bridgehead atoms. The molecule has 94 valence electrons. The molecule has 0 aliphatic rings. The van der Waals surface area contributed by atoms with Gasteiger partial charge in [0, 0.05) is 4.47 Å². The lowest BCUT2D eigenvalue weighted by atomic mass is 10.2. The van der Waals surface area contributed by atoms with Crippen LogP contribution in [-0.2, 0) is 11.3 Å². The van der Waals surface area contributed by atoms with E-state index in [0.29, 0.717) is 16.7 Å². The second-order valence-electron chi connectivity index (χ2n) is 3.78. The molecule has 1 amide bonds. The molecule has 18 heavy (non-hydrogen) atoms. The molecule has 1 heterocycles. The summed E-state index contributed by atoms with van der Waals surface area (Å²) in [6.45, 7) is 1.53. The van der Waals surface area contributed by atoms with Crippen LogP contribution in [-0.4, -0.2) is 15.5 Å². The standard InChI is InChI=1S/C11H11BrN4O2/c1-6-14-9-3-2-7(12)4-8(9)11(18)16(6)5-10(17)15-13/h2-4H,5,13H2,1H3,(H,15,17). The van der Waals surface area contributed by atoms with Crippen LogP contribution in [0.15, 0.2) is 27.5 Å². The first kappa shape index (κ1) is 12.7. The fourth-order valence-electron chi connectivity index (χ4n) is 1.68. The fraction of sp³-hybridized carbons (Fsp3) is 0.182. The molecule has 0 aliphatic carbocycles. The smallest absolute Gasteiger partial charge is 0.261 e. The van der Waals surface area contributed by atoms with Crippen LogP contribution in [0.2, 0.25) is 0 Å². The number of carbonyl (C=O) groups excluding carboxylic acids is 1. The summed E-state index contributed by atoms with van der Waals surface area (Å²) in [5.41, 5.74) is 2.33. The van der Waals surface area contributed by atoms with Crippen molar-refractivity contribution in [2.45, 2.75) is 13.5 Å². The van der Waals surface area contributed by atoms with Crippen molar-refractivity contribution >= 4 is 32.7 Å². The third kappa shape index (κ3) is 2.27. The van der Waals surface area contributed by atoms with Crippen molar-refractivity contribution < 1.29 is 4.79 Å². The molecule has 2 aromatic rings. The molecule has 0 saturated heterocycles. The average molecular weight is 311 g/mol. The molecule has 0 atom stereocenters. The van der Waals surface area contributed by atoms with Crippen LogP contribution in [0.1, 0.15) is 5.82 Å². The van der Waals surface area contributed by atoms with Gasteiger partial charge >= 0.3 is 0 Å². The highest BCUT2D eigenvalue weighted by Gasteiger charge is 2.10. The van der Waals surface area contributed by atoms with E-state index in [9.17, 15) is 9.59 Å². The van der Waals surface area contributed by atoms with Crippen LogP contribution in [0.3, 0.4) is 0 Å². The number of nitrogens with two attached hydrogens (primary N) is 1. The van der Waals surface area contributed by atoms with E-state index in [2.05, 4.69) is 20.9 Å². The van der Waals surface area contributed by atoms with E-state index in [1.165, 1.54) is 4.57 Å². The molecular weight excluding hydrogens is 300 g/mol. The third-order valence-electron chi connectivity index (χ3n) is 2.57. The van der Waals surface area contributed by atoms with Gasteiger partial charge in [-0.25, -0.2) is 10.8 Å². The second kappa shape index (κ2) is 4.87. The number of nitrogens with one attached hydrogen (secondary N) is 1. The number of aromatic nitrogens is 2. The third-order valence-corrected chi connectivity index (χ3v) is 3.06. The molecule has 1 aromatic heterocycles. The van der Waals surface area contributed by atoms with Crippen LogP contribution in [0, 0.1) is 6.92 Å². The Kier molecular flexibility index (Phi) is 3.44. The number of halogens is 1. The summed E-state index contributed by atoms with van der Waals surface area (Å²) < 4.78 is 2.07. The minimum Gasteiger partial charge on any atom is -0.293 e. The number of aryl methyl sites for hydroxylation is 1. The van der Waals surface area contributed by atoms with Gasteiger partial charge in [-0.15, -0.1) is 0 Å². The number of hydrogen-bond donors (Lipinski definition) is 2. The molecule has 1 aromatic carbocycles. The first-order chi connectivity index (χ1) is 8.52. The lowest BCUT2D eigenvalue weighted by Crippen LogP contribution is -2.37. The number of hydrazine groups is 1. The summed E-state index contributed by atoms with van der Waals surface area (Å²) in [6, 6.07) is 5.24. The van der Waals surface area contributed by atoms with Gasteiger partial charge in [0.2, 0.25) is 0 Å². The van der Waals surface area contributed by atoms with Crippen molar-refractivity contribution in [3.05, 3.63) is 38.9 Å². The normalized spacial score (nSPS) is 10.6. The maximum atomic E-state index is 12.2. The van der Waals surface area contributed by atoms with E-state index in [1.807, 2.05) is 11.5 Å². The number of rotatable bonds is 2. The molecular formula is C11H11BrN4O2. The number of fused-ring (bicyclic) bond motifs is 1. The Bertz CT molecular complexity index is 681. The monoisotopic (exact) mass is 310 g/mol. The van der Waals surface area contributed by atoms with Crippen molar-refractivity contribution in [1.82, 2.24) is 15.0 Å². The van der Waals surface area contributed by atoms with E-state index < -0.39 is 5.91 Å². The molecule has 0 unspecified atom stereocenters. The predicted molar refractivity (Wildman–Crippen MR) is 70.8 cm³/mol. The van der Waals surface area contributed by atoms with Gasteiger partial charge in [0.05, 0.1) is 10.9 Å². The van der Waals surface area contributed by atoms with Crippen molar-refractivity contribution in [2.75, 3.05) is 0 Å². The van der Waals surface area contributed by atoms with Gasteiger partial charge in [0.1, 0.15) is 12.4 Å². The molecule has 7 heteroatoms. The van der Waals surface area contributed by atoms with Crippen LogP contribution in [0.4, 0.5) is 0 Å². The SMILES string of the molecule is Cc1nc2ccc(Br)cc2c(=O)n1CC(=O)NN. The van der Waals surface area contributed by atoms with E-state index in [0.717, 1.165) is 4.47 Å². The van der Waals surface area contributed by atoms with Gasteiger partial charge in [-0.05, 0) is 25.1 Å². The van der Waals surface area contributed by atoms with Gasteiger partial charge in [0.25, 0.3) is 11.5 Å². The Morgan fingerprint density at radius 3 is 2.94 bits per heavy atom. The van der Waals surface area contributed by atoms with E-state index in [4.69, 9.17) is 5.84 Å². The topological polar surface area (TPSA) is 90.0 Å². The Balaban J connectivity index is 2.67. The van der Waals surface area contributed by atoms with E-state index in [-0.39, 0.29) is 12.1 Å². The minimum atomic E-state index is -0.448. The van der Waals surface area contributed by atoms with E-state index >= 15 is 0 Å². The summed E-state index contributed by atoms with van der Waals surface area (Å²) in [6.07, 6.45) is 0. The summed E-state index contributed by atoms with van der Waals surface area (Å²) in [4.78, 5) is 27.8. The van der Waals surface area contributed by atoms with Crippen molar-refractivity contribution in [3.8, 4) is 0 Å². The lowest BCUT2D eigenvalue weighted by molar-refractivity contribution is -0.121. The highest BCUT2D eigenvalue weighted by Crippen LogP contribution is 2.15. The largest absolute Gasteiger partial charge is 0.293 e. The Morgan fingerprint density at radius 1 is 1.56 bits per heavy atom. The number of carbonyl (C=O) groups is 1. The van der Waals surface area contributed by atoms with Gasteiger partial charge in [-0.1, -0.05) is 15.9 Å². The Morgan fingerprint density at radius 2 is 2.28 bits per heavy atom. The van der Waals surface area contributed by atoms with Crippen molar-refractivity contribution in [1.29, 1.82) is 0 Å². The van der Waals surface area contributed by atoms with Gasteiger partial charge in [-0.3, -0.25) is 19.6 Å². The molecule has 6 nitrogen and oxygen atoms in total. The average Bonchev–Trinajstić information content (AvgIpc) is 2.35. The summed E-state index contributed by atoms with van der Waals surface area (Å²) in [7, 11) is 0. The van der Waals surface area contributed by atoms with E-state index in [1.54, 1.807) is 19.1 Å². The molecule has 0 aliphatic heterocycles. The highest BCUT2D eigenvalue weighted by atomic mass is 79.9. The predicted octanol–water partition coefficient (Wildman–Crippen LogP) is 0.457. The number of benzene rings is 1. The number of amides is 1. The minimum absolute atomic E-state index is 0.142. The molecule has 0 saturated carbocycles. The van der Waals surface area contributed by atoms with Gasteiger partial charge in [0.15, 0.2) is 0 Å². The molecule has 3 N–H and O–H groups in total. The van der Waals surface area contributed by atoms with Crippen molar-refractivity contribution in [3.63, 3.8) is 0 Å². The first-order valence-electron chi connectivity index (χ1n) is 5.19. The lowest BCUT2D eigenvalue weighted by Gasteiger charge is -2.09. The highest BCUT2D eigenvalue weighted by molar-refractivity contribution is 9.10. The molecule has 0 spiro atoms. The maximum absolute atomic E-state index is 12.2. The fourth-order valence-corrected chi connectivity index (χ4v) is 2.04. The van der Waals surface area contributed by atoms with Gasteiger partial charge < -0.3 is 0 Å². The Hall–Kier alpha value is -1.73. The molecule has 0 fully saturated rings. The number of hydrogen-bond acceptors (Lipinski definition) is 4. The van der Waals surface area contributed by atoms with Crippen LogP contribution >= 0.6 is 15.9 Å². The second-order valence-corrected chi connectivity index (χ2v) is 4.69. The zero-order valence-electron chi connectivity index (χ0n) is 9.61. The summed E-state index contributed by atoms with van der Waals surface area (Å²) in [5.74, 6) is 5.04. The quantitative estimate of drug-likeness (QED) is 0.479. The first-order valence-corrected chi connectivity index (χ1v) is 5.98. The van der Waals surface area contributed by atoms with Crippen LogP contribution < -0.4 is 16.8 Å². The van der Waals surface area contributed by atoms with Crippen LogP contribution in [0.5, 0.6) is 0 Å². The van der Waals surface area contributed by atoms with Gasteiger partial charge in [-0.2, -0.15) is 0 Å². The Labute approximate surface area is 111 Å². The maximum Gasteiger partial charge on any atom is 0.261 e. The zero-order chi connectivity index (χ0) is 13.3.